The van der Waals surface area contributed by atoms with Crippen molar-refractivity contribution in [1.29, 1.82) is 0 Å². The van der Waals surface area contributed by atoms with Gasteiger partial charge >= 0.3 is 0 Å². The Labute approximate surface area is 172 Å². The van der Waals surface area contributed by atoms with Crippen LogP contribution in [0.2, 0.25) is 0 Å². The first kappa shape index (κ1) is 19.8. The first-order valence-electron chi connectivity index (χ1n) is 9.63. The quantitative estimate of drug-likeness (QED) is 0.438. The summed E-state index contributed by atoms with van der Waals surface area (Å²) < 4.78 is 5.38. The number of nitrogens with one attached hydrogen (secondary N) is 1. The van der Waals surface area contributed by atoms with Crippen molar-refractivity contribution in [2.24, 2.45) is 0 Å². The van der Waals surface area contributed by atoms with E-state index in [1.165, 1.54) is 11.3 Å². The molecular formula is C20H24N4O4S. The molecule has 2 aliphatic rings. The molecule has 154 valence electrons. The van der Waals surface area contributed by atoms with Crippen molar-refractivity contribution >= 4 is 28.8 Å². The van der Waals surface area contributed by atoms with E-state index in [0.717, 1.165) is 18.0 Å². The van der Waals surface area contributed by atoms with Crippen LogP contribution in [0.1, 0.15) is 27.9 Å². The molecule has 0 unspecified atom stereocenters. The molecule has 8 nitrogen and oxygen atoms in total. The zero-order valence-electron chi connectivity index (χ0n) is 16.5. The van der Waals surface area contributed by atoms with Crippen LogP contribution < -0.4 is 0 Å². The molecule has 0 radical (unpaired) electrons. The summed E-state index contributed by atoms with van der Waals surface area (Å²) in [5.41, 5.74) is 1.86. The monoisotopic (exact) mass is 416 g/mol. The first-order valence-corrected chi connectivity index (χ1v) is 10.5. The van der Waals surface area contributed by atoms with Gasteiger partial charge in [0, 0.05) is 36.8 Å². The zero-order chi connectivity index (χ0) is 20.5. The van der Waals surface area contributed by atoms with Gasteiger partial charge in [0.1, 0.15) is 5.76 Å². The van der Waals surface area contributed by atoms with Gasteiger partial charge < -0.3 is 14.7 Å². The molecule has 2 saturated heterocycles. The second-order valence-electron chi connectivity index (χ2n) is 7.27. The Morgan fingerprint density at radius 2 is 2.07 bits per heavy atom. The molecule has 2 fully saturated rings. The van der Waals surface area contributed by atoms with Crippen LogP contribution in [0.3, 0.4) is 0 Å². The third-order valence-corrected chi connectivity index (χ3v) is 6.40. The van der Waals surface area contributed by atoms with Crippen LogP contribution in [-0.2, 0) is 14.3 Å². The summed E-state index contributed by atoms with van der Waals surface area (Å²) in [6, 6.07) is 3.19. The van der Waals surface area contributed by atoms with E-state index in [1.54, 1.807) is 18.7 Å². The van der Waals surface area contributed by atoms with Crippen molar-refractivity contribution in [3.63, 3.8) is 0 Å². The van der Waals surface area contributed by atoms with Crippen LogP contribution >= 0.6 is 11.3 Å². The van der Waals surface area contributed by atoms with Crippen LogP contribution in [0.15, 0.2) is 23.1 Å². The summed E-state index contributed by atoms with van der Waals surface area (Å²) in [5.74, 6) is -1.39. The van der Waals surface area contributed by atoms with Crippen LogP contribution in [0.25, 0.3) is 5.76 Å². The number of nitrogens with zero attached hydrogens (tertiary/aromatic N) is 3. The maximum absolute atomic E-state index is 13.0. The molecule has 4 rings (SSSR count). The second-order valence-corrected chi connectivity index (χ2v) is 8.25. The fourth-order valence-corrected chi connectivity index (χ4v) is 4.81. The molecule has 2 aromatic heterocycles. The number of likely N-dealkylation sites (tertiary alicyclic amines) is 1. The average molecular weight is 417 g/mol. The summed E-state index contributed by atoms with van der Waals surface area (Å²) >= 11 is 1.47. The number of carbonyl (C=O) groups excluding carboxylic acids is 2. The van der Waals surface area contributed by atoms with Crippen molar-refractivity contribution < 1.29 is 19.4 Å². The predicted octanol–water partition coefficient (Wildman–Crippen LogP) is 1.84. The van der Waals surface area contributed by atoms with Crippen molar-refractivity contribution in [2.75, 3.05) is 39.4 Å². The fraction of sp³-hybridized carbons (Fsp3) is 0.450. The highest BCUT2D eigenvalue weighted by Gasteiger charge is 2.46. The van der Waals surface area contributed by atoms with E-state index in [2.05, 4.69) is 15.1 Å². The molecule has 4 heterocycles. The summed E-state index contributed by atoms with van der Waals surface area (Å²) in [6.07, 6.45) is 0. The van der Waals surface area contributed by atoms with E-state index in [-0.39, 0.29) is 11.3 Å². The number of H-pyrrole nitrogens is 1. The van der Waals surface area contributed by atoms with Gasteiger partial charge in [-0.25, -0.2) is 0 Å². The number of ketones is 1. The molecule has 9 heteroatoms. The van der Waals surface area contributed by atoms with E-state index < -0.39 is 17.7 Å². The maximum Gasteiger partial charge on any atom is 0.295 e. The molecule has 2 aromatic rings. The van der Waals surface area contributed by atoms with Gasteiger partial charge in [0.2, 0.25) is 0 Å². The third-order valence-electron chi connectivity index (χ3n) is 5.48. The highest BCUT2D eigenvalue weighted by atomic mass is 32.1. The van der Waals surface area contributed by atoms with Gasteiger partial charge in [-0.05, 0) is 25.3 Å². The van der Waals surface area contributed by atoms with Gasteiger partial charge in [0.05, 0.1) is 36.1 Å². The van der Waals surface area contributed by atoms with E-state index >= 15 is 0 Å². The van der Waals surface area contributed by atoms with E-state index in [4.69, 9.17) is 4.74 Å². The van der Waals surface area contributed by atoms with Crippen LogP contribution in [0.5, 0.6) is 0 Å². The van der Waals surface area contributed by atoms with Gasteiger partial charge in [-0.3, -0.25) is 19.6 Å². The normalized spacial score (nSPS) is 22.6. The summed E-state index contributed by atoms with van der Waals surface area (Å²) in [7, 11) is 0. The number of aromatic amines is 1. The highest BCUT2D eigenvalue weighted by Crippen LogP contribution is 2.41. The standard InChI is InChI=1S/C20H24N4O4S/c1-12-15(13(2)22-21-12)18(25)16-17(14-4-3-11-29-14)24(20(27)19(16)26)6-5-23-7-9-28-10-8-23/h3-4,11,17,25H,5-10H2,1-2H3,(H,21,22)/b18-16+/t17-/m1/s1. The second kappa shape index (κ2) is 8.10. The highest BCUT2D eigenvalue weighted by molar-refractivity contribution is 7.10. The number of amides is 1. The van der Waals surface area contributed by atoms with Crippen molar-refractivity contribution in [3.8, 4) is 0 Å². The van der Waals surface area contributed by atoms with Crippen molar-refractivity contribution in [2.45, 2.75) is 19.9 Å². The number of Topliss-reactive ketones (excluding diaryl/α,β-unsaturated/α-hetero) is 1. The Morgan fingerprint density at radius 3 is 2.69 bits per heavy atom. The SMILES string of the molecule is Cc1n[nH]c(C)c1/C(O)=C1\C(=O)C(=O)N(CCN2CCOCC2)[C@@H]1c1cccs1. The molecule has 1 amide bonds. The topological polar surface area (TPSA) is 98.8 Å². The number of rotatable bonds is 5. The minimum Gasteiger partial charge on any atom is -0.507 e. The molecule has 0 aliphatic carbocycles. The fourth-order valence-electron chi connectivity index (χ4n) is 3.96. The molecule has 1 atom stereocenters. The van der Waals surface area contributed by atoms with Gasteiger partial charge in [0.25, 0.3) is 11.7 Å². The number of morpholine rings is 1. The van der Waals surface area contributed by atoms with Crippen molar-refractivity contribution in [1.82, 2.24) is 20.0 Å². The largest absolute Gasteiger partial charge is 0.507 e. The van der Waals surface area contributed by atoms with Crippen LogP contribution in [-0.4, -0.2) is 76.2 Å². The van der Waals surface area contributed by atoms with Crippen LogP contribution in [0.4, 0.5) is 0 Å². The number of hydrogen-bond donors (Lipinski definition) is 2. The number of aryl methyl sites for hydroxylation is 2. The Bertz CT molecular complexity index is 924. The number of ether oxygens (including phenoxy) is 1. The lowest BCUT2D eigenvalue weighted by Gasteiger charge is -2.30. The lowest BCUT2D eigenvalue weighted by Crippen LogP contribution is -2.42. The Kier molecular flexibility index (Phi) is 5.53. The Balaban J connectivity index is 1.72. The number of carbonyl (C=O) groups is 2. The molecule has 0 spiro atoms. The minimum atomic E-state index is -0.650. The average Bonchev–Trinajstić information content (AvgIpc) is 3.41. The van der Waals surface area contributed by atoms with Gasteiger partial charge in [-0.15, -0.1) is 11.3 Å². The number of aliphatic hydroxyl groups is 1. The molecule has 2 N–H and O–H groups in total. The van der Waals surface area contributed by atoms with Gasteiger partial charge in [-0.2, -0.15) is 5.10 Å². The summed E-state index contributed by atoms with van der Waals surface area (Å²) in [6.45, 7) is 7.56. The molecule has 0 aromatic carbocycles. The smallest absolute Gasteiger partial charge is 0.295 e. The van der Waals surface area contributed by atoms with Gasteiger partial charge in [-0.1, -0.05) is 6.07 Å². The predicted molar refractivity (Wildman–Crippen MR) is 109 cm³/mol. The summed E-state index contributed by atoms with van der Waals surface area (Å²) in [5, 5.41) is 19.9. The Morgan fingerprint density at radius 1 is 1.31 bits per heavy atom. The minimum absolute atomic E-state index is 0.132. The lowest BCUT2D eigenvalue weighted by molar-refractivity contribution is -0.140. The number of thiophene rings is 1. The number of aliphatic hydroxyl groups excluding tert-OH is 1. The molecule has 0 bridgehead atoms. The molecule has 2 aliphatic heterocycles. The van der Waals surface area contributed by atoms with E-state index in [9.17, 15) is 14.7 Å². The lowest BCUT2D eigenvalue weighted by atomic mass is 9.99. The van der Waals surface area contributed by atoms with Crippen LogP contribution in [0, 0.1) is 13.8 Å². The number of aromatic nitrogens is 2. The Hall–Kier alpha value is -2.49. The number of hydrogen-bond acceptors (Lipinski definition) is 7. The third kappa shape index (κ3) is 3.61. The van der Waals surface area contributed by atoms with E-state index in [0.29, 0.717) is 43.3 Å². The zero-order valence-corrected chi connectivity index (χ0v) is 17.3. The molecule has 29 heavy (non-hydrogen) atoms. The van der Waals surface area contributed by atoms with E-state index in [1.807, 2.05) is 17.5 Å². The van der Waals surface area contributed by atoms with Gasteiger partial charge in [0.15, 0.2) is 0 Å². The molecule has 0 saturated carbocycles. The first-order chi connectivity index (χ1) is 14.0. The molecular weight excluding hydrogens is 392 g/mol. The maximum atomic E-state index is 13.0. The summed E-state index contributed by atoms with van der Waals surface area (Å²) in [4.78, 5) is 30.5. The van der Waals surface area contributed by atoms with Crippen molar-refractivity contribution in [3.05, 3.63) is 44.9 Å².